The fraction of sp³-hybridized carbons (Fsp3) is 0.850. The number of ether oxygens (including phenoxy) is 1. The van der Waals surface area contributed by atoms with Crippen LogP contribution in [0.5, 0.6) is 0 Å². The molecule has 2 heterocycles. The molecule has 4 N–H and O–H groups in total. The Labute approximate surface area is 152 Å². The maximum atomic E-state index is 13.3. The predicted molar refractivity (Wildman–Crippen MR) is 90.7 cm³/mol. The minimum absolute atomic E-state index is 0.0454. The molecule has 26 heavy (non-hydrogen) atoms. The van der Waals surface area contributed by atoms with Crippen molar-refractivity contribution < 1.29 is 30.0 Å². The van der Waals surface area contributed by atoms with Crippen LogP contribution in [0.1, 0.15) is 39.5 Å². The zero-order valence-corrected chi connectivity index (χ0v) is 15.3. The molecule has 0 aromatic carbocycles. The third kappa shape index (κ3) is 1.47. The Morgan fingerprint density at radius 3 is 2.58 bits per heavy atom. The Balaban J connectivity index is 1.81. The van der Waals surface area contributed by atoms with Gasteiger partial charge < -0.3 is 25.2 Å². The number of Topliss-reactive ketones (excluding diaryl/α,β-unsaturated/α-hetero) is 1. The van der Waals surface area contributed by atoms with Gasteiger partial charge in [-0.3, -0.25) is 4.79 Å². The molecular weight excluding hydrogens is 336 g/mol. The molecule has 6 heteroatoms. The van der Waals surface area contributed by atoms with Crippen molar-refractivity contribution in [3.8, 4) is 0 Å². The van der Waals surface area contributed by atoms with E-state index in [1.165, 1.54) is 0 Å². The smallest absolute Gasteiger partial charge is 0.205 e. The fourth-order valence-corrected chi connectivity index (χ4v) is 7.88. The normalized spacial score (nSPS) is 59.9. The second-order valence-corrected chi connectivity index (χ2v) is 10.1. The van der Waals surface area contributed by atoms with Crippen molar-refractivity contribution in [2.45, 2.75) is 63.6 Å². The summed E-state index contributed by atoms with van der Waals surface area (Å²) in [6, 6.07) is 0. The predicted octanol–water partition coefficient (Wildman–Crippen LogP) is 0.376. The van der Waals surface area contributed by atoms with E-state index < -0.39 is 46.8 Å². The summed E-state index contributed by atoms with van der Waals surface area (Å²) in [6.07, 6.45) is -0.978. The highest BCUT2D eigenvalue weighted by Gasteiger charge is 2.85. The SMILES string of the molecule is C=C1C(=O)[C@]23C[C@H]1CC(O)C2[C@@]12CO[C@@]3(O)[C@@H](O)[C@@H]1C(C)(C)CC[C@@H]2O. The van der Waals surface area contributed by atoms with Gasteiger partial charge in [0.15, 0.2) is 5.78 Å². The number of aliphatic hydroxyl groups excluding tert-OH is 3. The molecule has 6 rings (SSSR count). The monoisotopic (exact) mass is 364 g/mol. The Kier molecular flexibility index (Phi) is 3.07. The van der Waals surface area contributed by atoms with E-state index in [0.29, 0.717) is 31.3 Å². The third-order valence-corrected chi connectivity index (χ3v) is 8.78. The van der Waals surface area contributed by atoms with E-state index in [2.05, 4.69) is 6.58 Å². The van der Waals surface area contributed by atoms with Crippen LogP contribution in [-0.2, 0) is 9.53 Å². The van der Waals surface area contributed by atoms with Crippen LogP contribution >= 0.6 is 0 Å². The van der Waals surface area contributed by atoms with Crippen LogP contribution in [0.2, 0.25) is 0 Å². The molecule has 0 amide bonds. The van der Waals surface area contributed by atoms with Gasteiger partial charge in [0.25, 0.3) is 0 Å². The summed E-state index contributed by atoms with van der Waals surface area (Å²) in [7, 11) is 0. The molecule has 4 saturated carbocycles. The minimum Gasteiger partial charge on any atom is -0.393 e. The van der Waals surface area contributed by atoms with Crippen LogP contribution in [0.15, 0.2) is 12.2 Å². The van der Waals surface area contributed by atoms with Crippen molar-refractivity contribution >= 4 is 5.78 Å². The molecule has 2 unspecified atom stereocenters. The second kappa shape index (κ2) is 4.61. The molecule has 144 valence electrons. The number of hydrogen-bond donors (Lipinski definition) is 4. The molecule has 4 aliphatic carbocycles. The minimum atomic E-state index is -2.05. The van der Waals surface area contributed by atoms with Gasteiger partial charge in [0, 0.05) is 17.3 Å². The van der Waals surface area contributed by atoms with E-state index >= 15 is 0 Å². The van der Waals surface area contributed by atoms with E-state index in [0.717, 1.165) is 0 Å². The quantitative estimate of drug-likeness (QED) is 0.463. The highest BCUT2D eigenvalue weighted by atomic mass is 16.6. The topological polar surface area (TPSA) is 107 Å². The van der Waals surface area contributed by atoms with Gasteiger partial charge in [-0.25, -0.2) is 0 Å². The summed E-state index contributed by atoms with van der Waals surface area (Å²) in [4.78, 5) is 13.3. The molecule has 2 saturated heterocycles. The first-order chi connectivity index (χ1) is 12.0. The van der Waals surface area contributed by atoms with Gasteiger partial charge in [0.2, 0.25) is 5.79 Å². The number of carbonyl (C=O) groups is 1. The number of carbonyl (C=O) groups excluding carboxylic acids is 1. The average Bonchev–Trinajstić information content (AvgIpc) is 2.76. The van der Waals surface area contributed by atoms with Gasteiger partial charge in [0.1, 0.15) is 6.10 Å². The lowest BCUT2D eigenvalue weighted by Crippen LogP contribution is -2.85. The molecule has 4 bridgehead atoms. The van der Waals surface area contributed by atoms with E-state index in [1.54, 1.807) is 0 Å². The number of hydrogen-bond acceptors (Lipinski definition) is 6. The highest BCUT2D eigenvalue weighted by Crippen LogP contribution is 2.76. The number of rotatable bonds is 0. The van der Waals surface area contributed by atoms with Crippen LogP contribution in [0.3, 0.4) is 0 Å². The number of fused-ring (bicyclic) bond motifs is 2. The van der Waals surface area contributed by atoms with Gasteiger partial charge in [-0.05, 0) is 42.6 Å². The van der Waals surface area contributed by atoms with Crippen molar-refractivity contribution in [2.75, 3.05) is 6.61 Å². The fourth-order valence-electron chi connectivity index (χ4n) is 7.88. The largest absolute Gasteiger partial charge is 0.393 e. The first-order valence-corrected chi connectivity index (χ1v) is 9.68. The zero-order chi connectivity index (χ0) is 18.9. The maximum Gasteiger partial charge on any atom is 0.205 e. The third-order valence-electron chi connectivity index (χ3n) is 8.78. The van der Waals surface area contributed by atoms with Crippen molar-refractivity contribution in [2.24, 2.45) is 34.0 Å². The van der Waals surface area contributed by atoms with Crippen LogP contribution in [0.25, 0.3) is 0 Å². The molecule has 2 aliphatic heterocycles. The molecule has 0 aromatic heterocycles. The van der Waals surface area contributed by atoms with Gasteiger partial charge in [-0.2, -0.15) is 0 Å². The van der Waals surface area contributed by atoms with E-state index in [4.69, 9.17) is 4.74 Å². The number of ketones is 1. The Hall–Kier alpha value is -0.790. The maximum absolute atomic E-state index is 13.3. The molecule has 6 fully saturated rings. The molecule has 9 atom stereocenters. The summed E-state index contributed by atoms with van der Waals surface area (Å²) in [5.41, 5.74) is -2.32. The lowest BCUT2D eigenvalue weighted by Gasteiger charge is -2.74. The molecule has 6 nitrogen and oxygen atoms in total. The molecule has 0 radical (unpaired) electrons. The van der Waals surface area contributed by atoms with Crippen LogP contribution in [0, 0.1) is 34.0 Å². The van der Waals surface area contributed by atoms with Crippen LogP contribution in [0.4, 0.5) is 0 Å². The van der Waals surface area contributed by atoms with Crippen molar-refractivity contribution in [3.63, 3.8) is 0 Å². The average molecular weight is 364 g/mol. The number of aliphatic hydroxyl groups is 4. The van der Waals surface area contributed by atoms with Gasteiger partial charge in [-0.1, -0.05) is 20.4 Å². The Bertz CT molecular complexity index is 717. The first-order valence-electron chi connectivity index (χ1n) is 9.68. The standard InChI is InChI=1S/C20H28O6/c1-9-10-6-11(21)13-18-8-26-20(25,19(13,7-10)15(9)23)16(24)14(18)17(2,3)5-4-12(18)22/h10-14,16,21-22,24-25H,1,4-8H2,2-3H3/t10-,11?,12+,13?,14-,16+,18+,19+,20+/m1/s1. The zero-order valence-electron chi connectivity index (χ0n) is 15.3. The van der Waals surface area contributed by atoms with Crippen LogP contribution < -0.4 is 0 Å². The second-order valence-electron chi connectivity index (χ2n) is 10.1. The summed E-state index contributed by atoms with van der Waals surface area (Å²) >= 11 is 0. The summed E-state index contributed by atoms with van der Waals surface area (Å²) in [5.74, 6) is -3.66. The van der Waals surface area contributed by atoms with E-state index in [1.807, 2.05) is 13.8 Å². The molecule has 0 aromatic rings. The van der Waals surface area contributed by atoms with E-state index in [9.17, 15) is 25.2 Å². The van der Waals surface area contributed by atoms with Crippen LogP contribution in [-0.4, -0.2) is 56.9 Å². The molecular formula is C20H28O6. The van der Waals surface area contributed by atoms with E-state index in [-0.39, 0.29) is 23.7 Å². The lowest BCUT2D eigenvalue weighted by atomic mass is 9.35. The summed E-state index contributed by atoms with van der Waals surface area (Å²) < 4.78 is 5.83. The highest BCUT2D eigenvalue weighted by molar-refractivity contribution is 6.04. The lowest BCUT2D eigenvalue weighted by molar-refractivity contribution is -0.455. The van der Waals surface area contributed by atoms with Crippen molar-refractivity contribution in [1.82, 2.24) is 0 Å². The summed E-state index contributed by atoms with van der Waals surface area (Å²) in [6.45, 7) is 8.01. The van der Waals surface area contributed by atoms with Crippen molar-refractivity contribution in [1.29, 1.82) is 0 Å². The number of allylic oxidation sites excluding steroid dienone is 1. The molecule has 6 aliphatic rings. The molecule has 2 spiro atoms. The van der Waals surface area contributed by atoms with Crippen molar-refractivity contribution in [3.05, 3.63) is 12.2 Å². The first kappa shape index (κ1) is 17.3. The Morgan fingerprint density at radius 2 is 1.88 bits per heavy atom. The van der Waals surface area contributed by atoms with Gasteiger partial charge in [-0.15, -0.1) is 0 Å². The summed E-state index contributed by atoms with van der Waals surface area (Å²) in [5, 5.41) is 45.1. The van der Waals surface area contributed by atoms with Gasteiger partial charge in [0.05, 0.1) is 24.2 Å². The van der Waals surface area contributed by atoms with Gasteiger partial charge >= 0.3 is 0 Å². The Morgan fingerprint density at radius 1 is 1.19 bits per heavy atom.